The van der Waals surface area contributed by atoms with Gasteiger partial charge in [0.15, 0.2) is 5.05 Å². The average Bonchev–Trinajstić information content (AvgIpc) is 2.86. The molecule has 2 nitrogen and oxygen atoms in total. The van der Waals surface area contributed by atoms with E-state index in [1.54, 1.807) is 6.08 Å². The lowest BCUT2D eigenvalue weighted by atomic mass is 9.97. The van der Waals surface area contributed by atoms with E-state index in [1.165, 1.54) is 5.56 Å². The highest BCUT2D eigenvalue weighted by Gasteiger charge is 2.28. The molecule has 1 aromatic rings. The van der Waals surface area contributed by atoms with E-state index in [2.05, 4.69) is 36.2 Å². The van der Waals surface area contributed by atoms with E-state index in [0.29, 0.717) is 17.6 Å². The lowest BCUT2D eigenvalue weighted by molar-refractivity contribution is 0.339. The smallest absolute Gasteiger partial charge is 0.177 e. The van der Waals surface area contributed by atoms with Gasteiger partial charge in [-0.1, -0.05) is 43.0 Å². The number of thiocarbonyl (C=S) groups is 1. The van der Waals surface area contributed by atoms with Gasteiger partial charge in [-0.3, -0.25) is 0 Å². The van der Waals surface area contributed by atoms with Crippen molar-refractivity contribution in [2.24, 2.45) is 0 Å². The quantitative estimate of drug-likeness (QED) is 0.653. The molecule has 1 saturated heterocycles. The molecule has 0 aromatic heterocycles. The van der Waals surface area contributed by atoms with Crippen molar-refractivity contribution in [3.8, 4) is 0 Å². The third-order valence-corrected chi connectivity index (χ3v) is 3.43. The summed E-state index contributed by atoms with van der Waals surface area (Å²) in [6.45, 7) is 5.07. The molecule has 2 rings (SSSR count). The van der Waals surface area contributed by atoms with Crippen molar-refractivity contribution in [3.63, 3.8) is 0 Å². The SMILES string of the molecule is C=CCOC(=S)[C@@H]1C[C@H](c2ccccc2)CN1. The maximum atomic E-state index is 5.41. The summed E-state index contributed by atoms with van der Waals surface area (Å²) in [6, 6.07) is 10.7. The first kappa shape index (κ1) is 12.3. The lowest BCUT2D eigenvalue weighted by Gasteiger charge is -2.12. The molecule has 1 aromatic carbocycles. The van der Waals surface area contributed by atoms with E-state index < -0.39 is 0 Å². The second-order valence-electron chi connectivity index (χ2n) is 4.22. The molecule has 0 bridgehead atoms. The van der Waals surface area contributed by atoms with Crippen molar-refractivity contribution in [2.75, 3.05) is 13.2 Å². The van der Waals surface area contributed by atoms with Crippen LogP contribution in [0.15, 0.2) is 43.0 Å². The molecule has 0 saturated carbocycles. The Bertz CT molecular complexity index is 390. The predicted molar refractivity (Wildman–Crippen MR) is 74.3 cm³/mol. The first-order chi connectivity index (χ1) is 8.31. The normalized spacial score (nSPS) is 23.3. The molecular formula is C14H17NOS. The van der Waals surface area contributed by atoms with Crippen molar-refractivity contribution in [1.82, 2.24) is 5.32 Å². The highest BCUT2D eigenvalue weighted by molar-refractivity contribution is 7.80. The second kappa shape index (κ2) is 5.94. The zero-order chi connectivity index (χ0) is 12.1. The van der Waals surface area contributed by atoms with Gasteiger partial charge >= 0.3 is 0 Å². The maximum Gasteiger partial charge on any atom is 0.177 e. The average molecular weight is 247 g/mol. The van der Waals surface area contributed by atoms with Gasteiger partial charge in [-0.15, -0.1) is 0 Å². The van der Waals surface area contributed by atoms with Gasteiger partial charge in [-0.2, -0.15) is 0 Å². The van der Waals surface area contributed by atoms with Crippen LogP contribution in [0.3, 0.4) is 0 Å². The maximum absolute atomic E-state index is 5.41. The van der Waals surface area contributed by atoms with Gasteiger partial charge in [0.05, 0.1) is 6.04 Å². The Morgan fingerprint density at radius 2 is 2.24 bits per heavy atom. The van der Waals surface area contributed by atoms with Crippen LogP contribution in [-0.4, -0.2) is 24.2 Å². The number of rotatable bonds is 4. The third kappa shape index (κ3) is 3.14. The standard InChI is InChI=1S/C14H17NOS/c1-2-8-16-14(17)13-9-12(10-15-13)11-6-4-3-5-7-11/h2-7,12-13,15H,1,8-10H2/t12-,13-/m0/s1. The van der Waals surface area contributed by atoms with Gasteiger partial charge in [0.2, 0.25) is 0 Å². The fraction of sp³-hybridized carbons (Fsp3) is 0.357. The molecule has 0 unspecified atom stereocenters. The summed E-state index contributed by atoms with van der Waals surface area (Å²) in [5.41, 5.74) is 1.37. The number of benzene rings is 1. The summed E-state index contributed by atoms with van der Waals surface area (Å²) in [7, 11) is 0. The number of hydrogen-bond donors (Lipinski definition) is 1. The van der Waals surface area contributed by atoms with Gasteiger partial charge in [0, 0.05) is 6.54 Å². The molecule has 2 atom stereocenters. The summed E-state index contributed by atoms with van der Waals surface area (Å²) < 4.78 is 5.41. The minimum atomic E-state index is 0.190. The Morgan fingerprint density at radius 3 is 2.94 bits per heavy atom. The zero-order valence-electron chi connectivity index (χ0n) is 9.76. The summed E-state index contributed by atoms with van der Waals surface area (Å²) in [5, 5.41) is 4.07. The first-order valence-electron chi connectivity index (χ1n) is 5.87. The molecule has 0 amide bonds. The van der Waals surface area contributed by atoms with Gasteiger partial charge in [-0.05, 0) is 30.1 Å². The first-order valence-corrected chi connectivity index (χ1v) is 6.28. The Balaban J connectivity index is 1.91. The van der Waals surface area contributed by atoms with Crippen LogP contribution in [0.1, 0.15) is 17.9 Å². The second-order valence-corrected chi connectivity index (χ2v) is 4.63. The van der Waals surface area contributed by atoms with Crippen LogP contribution < -0.4 is 5.32 Å². The lowest BCUT2D eigenvalue weighted by Crippen LogP contribution is -2.31. The van der Waals surface area contributed by atoms with Crippen LogP contribution in [-0.2, 0) is 4.74 Å². The molecule has 1 aliphatic rings. The molecule has 90 valence electrons. The Labute approximate surface area is 108 Å². The van der Waals surface area contributed by atoms with Crippen molar-refractivity contribution in [1.29, 1.82) is 0 Å². The molecule has 0 radical (unpaired) electrons. The molecule has 1 N–H and O–H groups in total. The van der Waals surface area contributed by atoms with E-state index in [1.807, 2.05) is 6.07 Å². The zero-order valence-corrected chi connectivity index (χ0v) is 10.6. The van der Waals surface area contributed by atoms with Gasteiger partial charge in [0.25, 0.3) is 0 Å². The minimum Gasteiger partial charge on any atom is -0.481 e. The van der Waals surface area contributed by atoms with E-state index in [9.17, 15) is 0 Å². The van der Waals surface area contributed by atoms with Crippen molar-refractivity contribution >= 4 is 17.3 Å². The Kier molecular flexibility index (Phi) is 4.29. The highest BCUT2D eigenvalue weighted by atomic mass is 32.1. The molecule has 1 fully saturated rings. The molecule has 0 aliphatic carbocycles. The molecule has 1 aliphatic heterocycles. The summed E-state index contributed by atoms with van der Waals surface area (Å²) in [6.07, 6.45) is 2.73. The van der Waals surface area contributed by atoms with E-state index in [0.717, 1.165) is 13.0 Å². The predicted octanol–water partition coefficient (Wildman–Crippen LogP) is 2.66. The number of ether oxygens (including phenoxy) is 1. The van der Waals surface area contributed by atoms with Crippen molar-refractivity contribution in [2.45, 2.75) is 18.4 Å². The van der Waals surface area contributed by atoms with E-state index in [-0.39, 0.29) is 6.04 Å². The van der Waals surface area contributed by atoms with Crippen LogP contribution in [0.2, 0.25) is 0 Å². The minimum absolute atomic E-state index is 0.190. The van der Waals surface area contributed by atoms with E-state index >= 15 is 0 Å². The molecular weight excluding hydrogens is 230 g/mol. The van der Waals surface area contributed by atoms with Crippen LogP contribution in [0.25, 0.3) is 0 Å². The topological polar surface area (TPSA) is 21.3 Å². The fourth-order valence-electron chi connectivity index (χ4n) is 2.14. The van der Waals surface area contributed by atoms with Gasteiger partial charge in [0.1, 0.15) is 6.61 Å². The molecule has 1 heterocycles. The van der Waals surface area contributed by atoms with Gasteiger partial charge in [-0.25, -0.2) is 0 Å². The third-order valence-electron chi connectivity index (χ3n) is 3.03. The van der Waals surface area contributed by atoms with E-state index in [4.69, 9.17) is 17.0 Å². The molecule has 17 heavy (non-hydrogen) atoms. The fourth-order valence-corrected chi connectivity index (χ4v) is 2.38. The number of nitrogens with one attached hydrogen (secondary N) is 1. The summed E-state index contributed by atoms with van der Waals surface area (Å²) in [5.74, 6) is 0.534. The van der Waals surface area contributed by atoms with Gasteiger partial charge < -0.3 is 10.1 Å². The van der Waals surface area contributed by atoms with Crippen LogP contribution >= 0.6 is 12.2 Å². The summed E-state index contributed by atoms with van der Waals surface area (Å²) in [4.78, 5) is 0. The largest absolute Gasteiger partial charge is 0.481 e. The highest BCUT2D eigenvalue weighted by Crippen LogP contribution is 2.26. The van der Waals surface area contributed by atoms with Crippen LogP contribution in [0.4, 0.5) is 0 Å². The van der Waals surface area contributed by atoms with Crippen LogP contribution in [0.5, 0.6) is 0 Å². The Morgan fingerprint density at radius 1 is 1.47 bits per heavy atom. The van der Waals surface area contributed by atoms with Crippen molar-refractivity contribution < 1.29 is 4.74 Å². The molecule has 0 spiro atoms. The van der Waals surface area contributed by atoms with Crippen molar-refractivity contribution in [3.05, 3.63) is 48.6 Å². The summed E-state index contributed by atoms with van der Waals surface area (Å²) >= 11 is 5.25. The van der Waals surface area contributed by atoms with Crippen LogP contribution in [0, 0.1) is 0 Å². The number of hydrogen-bond acceptors (Lipinski definition) is 3. The Hall–Kier alpha value is -1.19. The molecule has 3 heteroatoms. The monoisotopic (exact) mass is 247 g/mol.